The molecule has 4 rings (SSSR count). The van der Waals surface area contributed by atoms with Gasteiger partial charge in [-0.15, -0.1) is 0 Å². The molecular weight excluding hydrogens is 363 g/mol. The number of rotatable bonds is 5. The van der Waals surface area contributed by atoms with Crippen molar-refractivity contribution < 1.29 is 13.9 Å². The van der Waals surface area contributed by atoms with Crippen molar-refractivity contribution >= 4 is 17.5 Å². The Morgan fingerprint density at radius 3 is 2.93 bits per heavy atom. The number of hydrogen-bond donors (Lipinski definition) is 1. The number of aromatic nitrogens is 4. The molecular formula is C19H21FN6O2. The zero-order chi connectivity index (χ0) is 19.7. The highest BCUT2D eigenvalue weighted by Crippen LogP contribution is 2.31. The van der Waals surface area contributed by atoms with Crippen LogP contribution in [0.2, 0.25) is 0 Å². The summed E-state index contributed by atoms with van der Waals surface area (Å²) in [7, 11) is 3.59. The molecule has 3 heterocycles. The van der Waals surface area contributed by atoms with Gasteiger partial charge in [0.25, 0.3) is 0 Å². The molecule has 28 heavy (non-hydrogen) atoms. The fourth-order valence-electron chi connectivity index (χ4n) is 3.08. The predicted molar refractivity (Wildman–Crippen MR) is 103 cm³/mol. The third-order valence-corrected chi connectivity index (χ3v) is 4.60. The lowest BCUT2D eigenvalue weighted by Gasteiger charge is -2.34. The van der Waals surface area contributed by atoms with Gasteiger partial charge in [-0.3, -0.25) is 0 Å². The highest BCUT2D eigenvalue weighted by molar-refractivity contribution is 5.61. The van der Waals surface area contributed by atoms with Crippen LogP contribution in [0.25, 0.3) is 5.69 Å². The summed E-state index contributed by atoms with van der Waals surface area (Å²) in [6.45, 7) is 2.90. The average Bonchev–Trinajstić information content (AvgIpc) is 3.11. The van der Waals surface area contributed by atoms with E-state index in [1.165, 1.54) is 6.07 Å². The molecule has 1 aliphatic rings. The Morgan fingerprint density at radius 1 is 1.36 bits per heavy atom. The van der Waals surface area contributed by atoms with E-state index >= 15 is 0 Å². The molecule has 0 bridgehead atoms. The van der Waals surface area contributed by atoms with E-state index in [2.05, 4.69) is 20.3 Å². The van der Waals surface area contributed by atoms with Crippen molar-refractivity contribution in [3.63, 3.8) is 0 Å². The highest BCUT2D eigenvalue weighted by atomic mass is 19.1. The van der Waals surface area contributed by atoms with E-state index in [9.17, 15) is 4.39 Å². The van der Waals surface area contributed by atoms with E-state index in [-0.39, 0.29) is 11.9 Å². The third-order valence-electron chi connectivity index (χ3n) is 4.60. The van der Waals surface area contributed by atoms with Crippen LogP contribution in [0.5, 0.6) is 5.75 Å². The first-order chi connectivity index (χ1) is 13.5. The SMILES string of the molecule is COC[C@H]1COc2cnc(Nc3ccc(-n4cnc(C)c4)c(F)c3)nc2N1C. The number of halogens is 1. The second kappa shape index (κ2) is 7.43. The molecule has 1 N–H and O–H groups in total. The van der Waals surface area contributed by atoms with Crippen molar-refractivity contribution in [1.29, 1.82) is 0 Å². The monoisotopic (exact) mass is 384 g/mol. The first-order valence-corrected chi connectivity index (χ1v) is 8.84. The molecule has 0 unspecified atom stereocenters. The fraction of sp³-hybridized carbons (Fsp3) is 0.316. The number of fused-ring (bicyclic) bond motifs is 1. The number of methoxy groups -OCH3 is 1. The molecule has 1 atom stereocenters. The zero-order valence-corrected chi connectivity index (χ0v) is 15.9. The number of aryl methyl sites for hydroxylation is 1. The van der Waals surface area contributed by atoms with Gasteiger partial charge in [0, 0.05) is 26.0 Å². The Morgan fingerprint density at radius 2 is 2.21 bits per heavy atom. The molecule has 2 aromatic heterocycles. The lowest BCUT2D eigenvalue weighted by atomic mass is 10.2. The maximum absolute atomic E-state index is 14.5. The number of benzene rings is 1. The van der Waals surface area contributed by atoms with Gasteiger partial charge in [0.2, 0.25) is 5.95 Å². The van der Waals surface area contributed by atoms with Crippen molar-refractivity contribution in [3.05, 3.63) is 48.4 Å². The number of nitrogens with zero attached hydrogens (tertiary/aromatic N) is 5. The van der Waals surface area contributed by atoms with Crippen LogP contribution in [-0.2, 0) is 4.74 Å². The van der Waals surface area contributed by atoms with Gasteiger partial charge in [0.1, 0.15) is 12.4 Å². The first kappa shape index (κ1) is 18.2. The second-order valence-electron chi connectivity index (χ2n) is 6.63. The molecule has 1 aromatic carbocycles. The molecule has 0 spiro atoms. The van der Waals surface area contributed by atoms with Crippen LogP contribution >= 0.6 is 0 Å². The summed E-state index contributed by atoms with van der Waals surface area (Å²) in [4.78, 5) is 14.9. The Labute approximate surface area is 162 Å². The van der Waals surface area contributed by atoms with Crippen LogP contribution < -0.4 is 15.0 Å². The number of hydrogen-bond acceptors (Lipinski definition) is 7. The maximum atomic E-state index is 14.5. The summed E-state index contributed by atoms with van der Waals surface area (Å²) < 4.78 is 27.1. The Hall–Kier alpha value is -3.20. The van der Waals surface area contributed by atoms with Gasteiger partial charge in [0.15, 0.2) is 11.6 Å². The summed E-state index contributed by atoms with van der Waals surface area (Å²) >= 11 is 0. The van der Waals surface area contributed by atoms with Gasteiger partial charge in [-0.2, -0.15) is 4.98 Å². The van der Waals surface area contributed by atoms with Crippen molar-refractivity contribution in [2.24, 2.45) is 0 Å². The number of nitrogens with one attached hydrogen (secondary N) is 1. The maximum Gasteiger partial charge on any atom is 0.229 e. The Bertz CT molecular complexity index is 992. The van der Waals surface area contributed by atoms with Crippen LogP contribution in [0, 0.1) is 12.7 Å². The zero-order valence-electron chi connectivity index (χ0n) is 15.9. The quantitative estimate of drug-likeness (QED) is 0.725. The van der Waals surface area contributed by atoms with E-state index < -0.39 is 0 Å². The summed E-state index contributed by atoms with van der Waals surface area (Å²) in [5, 5.41) is 3.05. The number of ether oxygens (including phenoxy) is 2. The number of likely N-dealkylation sites (N-methyl/N-ethyl adjacent to an activating group) is 1. The lowest BCUT2D eigenvalue weighted by Crippen LogP contribution is -2.44. The van der Waals surface area contributed by atoms with Crippen molar-refractivity contribution in [1.82, 2.24) is 19.5 Å². The standard InChI is InChI=1S/C19H21FN6O2/c1-12-8-26(11-22-12)16-5-4-13(6-15(16)20)23-19-21-7-17-18(24-19)25(2)14(9-27-3)10-28-17/h4-8,11,14H,9-10H2,1-3H3,(H,21,23,24)/t14-/m0/s1. The van der Waals surface area contributed by atoms with E-state index in [0.717, 1.165) is 5.69 Å². The summed E-state index contributed by atoms with van der Waals surface area (Å²) in [5.74, 6) is 1.26. The topological polar surface area (TPSA) is 77.3 Å². The molecule has 1 aliphatic heterocycles. The first-order valence-electron chi connectivity index (χ1n) is 8.84. The minimum atomic E-state index is -0.374. The van der Waals surface area contributed by atoms with Gasteiger partial charge < -0.3 is 24.3 Å². The minimum Gasteiger partial charge on any atom is -0.486 e. The molecule has 8 nitrogen and oxygen atoms in total. The van der Waals surface area contributed by atoms with Crippen LogP contribution in [0.1, 0.15) is 5.69 Å². The fourth-order valence-corrected chi connectivity index (χ4v) is 3.08. The predicted octanol–water partition coefficient (Wildman–Crippen LogP) is 2.70. The normalized spacial score (nSPS) is 15.9. The van der Waals surface area contributed by atoms with Crippen molar-refractivity contribution in [3.8, 4) is 11.4 Å². The average molecular weight is 384 g/mol. The van der Waals surface area contributed by atoms with Crippen molar-refractivity contribution in [2.45, 2.75) is 13.0 Å². The number of anilines is 3. The molecule has 0 saturated carbocycles. The van der Waals surface area contributed by atoms with Gasteiger partial charge >= 0.3 is 0 Å². The van der Waals surface area contributed by atoms with E-state index in [1.807, 2.05) is 18.9 Å². The van der Waals surface area contributed by atoms with Gasteiger partial charge in [-0.05, 0) is 25.1 Å². The van der Waals surface area contributed by atoms with Crippen LogP contribution in [-0.4, -0.2) is 52.9 Å². The largest absolute Gasteiger partial charge is 0.486 e. The molecule has 0 fully saturated rings. The van der Waals surface area contributed by atoms with E-state index in [4.69, 9.17) is 9.47 Å². The molecule has 146 valence electrons. The summed E-state index contributed by atoms with van der Waals surface area (Å²) in [6, 6.07) is 4.92. The summed E-state index contributed by atoms with van der Waals surface area (Å²) in [6.07, 6.45) is 4.97. The van der Waals surface area contributed by atoms with Crippen LogP contribution in [0.3, 0.4) is 0 Å². The molecule has 0 saturated heterocycles. The lowest BCUT2D eigenvalue weighted by molar-refractivity contribution is 0.142. The van der Waals surface area contributed by atoms with E-state index in [0.29, 0.717) is 42.1 Å². The van der Waals surface area contributed by atoms with Crippen molar-refractivity contribution in [2.75, 3.05) is 37.6 Å². The van der Waals surface area contributed by atoms with Crippen LogP contribution in [0.4, 0.5) is 21.8 Å². The van der Waals surface area contributed by atoms with E-state index in [1.54, 1.807) is 42.5 Å². The van der Waals surface area contributed by atoms with Crippen LogP contribution in [0.15, 0.2) is 36.9 Å². The molecule has 0 aliphatic carbocycles. The van der Waals surface area contributed by atoms with Gasteiger partial charge in [-0.25, -0.2) is 14.4 Å². The molecule has 3 aromatic rings. The molecule has 0 amide bonds. The van der Waals surface area contributed by atoms with Gasteiger partial charge in [0.05, 0.1) is 36.6 Å². The molecule has 9 heteroatoms. The van der Waals surface area contributed by atoms with Gasteiger partial charge in [-0.1, -0.05) is 0 Å². The minimum absolute atomic E-state index is 0.0654. The number of imidazole rings is 1. The second-order valence-corrected chi connectivity index (χ2v) is 6.63. The Balaban J connectivity index is 1.56. The summed E-state index contributed by atoms with van der Waals surface area (Å²) in [5.41, 5.74) is 1.79. The smallest absolute Gasteiger partial charge is 0.229 e. The molecule has 0 radical (unpaired) electrons. The Kier molecular flexibility index (Phi) is 4.82. The highest BCUT2D eigenvalue weighted by Gasteiger charge is 2.26. The third kappa shape index (κ3) is 3.48.